The largest absolute Gasteiger partial charge is 0.368 e. The lowest BCUT2D eigenvalue weighted by Crippen LogP contribution is -2.51. The van der Waals surface area contributed by atoms with Gasteiger partial charge in [-0.3, -0.25) is 14.4 Å². The van der Waals surface area contributed by atoms with Crippen molar-refractivity contribution < 1.29 is 14.4 Å². The van der Waals surface area contributed by atoms with Crippen molar-refractivity contribution in [3.8, 4) is 0 Å². The molecule has 2 aromatic carbocycles. The van der Waals surface area contributed by atoms with Crippen molar-refractivity contribution >= 4 is 23.3 Å². The number of hydrogen-bond donors (Lipinski definition) is 1. The number of carbonyl (C=O) groups is 3. The molecule has 0 saturated carbocycles. The van der Waals surface area contributed by atoms with E-state index in [1.54, 1.807) is 17.0 Å². The van der Waals surface area contributed by atoms with E-state index in [1.165, 1.54) is 11.3 Å². The summed E-state index contributed by atoms with van der Waals surface area (Å²) in [5.74, 6) is -1.54. The number of Topliss-reactive ketones (excluding diaryl/α,β-unsaturated/α-hetero) is 1. The van der Waals surface area contributed by atoms with Crippen LogP contribution in [0.1, 0.15) is 27.0 Å². The van der Waals surface area contributed by atoms with Crippen molar-refractivity contribution in [1.82, 2.24) is 10.2 Å². The third-order valence-corrected chi connectivity index (χ3v) is 5.46. The number of nitrogens with zero attached hydrogens (tertiary/aromatic N) is 2. The molecule has 1 saturated heterocycles. The number of amides is 2. The highest BCUT2D eigenvalue weighted by Crippen LogP contribution is 2.20. The lowest BCUT2D eigenvalue weighted by Gasteiger charge is -2.36. The highest BCUT2D eigenvalue weighted by molar-refractivity contribution is 6.43. The Kier molecular flexibility index (Phi) is 6.32. The van der Waals surface area contributed by atoms with E-state index in [1.807, 2.05) is 32.0 Å². The summed E-state index contributed by atoms with van der Waals surface area (Å²) >= 11 is 0. The molecule has 0 radical (unpaired) electrons. The van der Waals surface area contributed by atoms with Crippen molar-refractivity contribution in [3.63, 3.8) is 0 Å². The molecule has 1 aliphatic rings. The first kappa shape index (κ1) is 20.6. The number of piperazine rings is 1. The van der Waals surface area contributed by atoms with Gasteiger partial charge in [-0.15, -0.1) is 0 Å². The molecule has 0 unspecified atom stereocenters. The van der Waals surface area contributed by atoms with Crippen LogP contribution < -0.4 is 10.2 Å². The third kappa shape index (κ3) is 4.83. The van der Waals surface area contributed by atoms with Gasteiger partial charge < -0.3 is 15.1 Å². The topological polar surface area (TPSA) is 69.7 Å². The minimum Gasteiger partial charge on any atom is -0.368 e. The van der Waals surface area contributed by atoms with Gasteiger partial charge in [0.1, 0.15) is 0 Å². The number of benzene rings is 2. The predicted octanol–water partition coefficient (Wildman–Crippen LogP) is 2.26. The van der Waals surface area contributed by atoms with Gasteiger partial charge >= 0.3 is 0 Å². The van der Waals surface area contributed by atoms with Gasteiger partial charge in [0.2, 0.25) is 11.7 Å². The lowest BCUT2D eigenvalue weighted by molar-refractivity contribution is -0.132. The first-order chi connectivity index (χ1) is 13.9. The standard InChI is InChI=1S/C23H27N3O3/c1-16-8-9-19(14-18(16)3)22(28)23(29)24-15-21(27)26-12-10-25(11-13-26)20-7-5-4-6-17(20)2/h4-9,14H,10-13,15H2,1-3H3,(H,24,29). The minimum atomic E-state index is -0.750. The van der Waals surface area contributed by atoms with E-state index < -0.39 is 11.7 Å². The molecule has 0 aromatic heterocycles. The van der Waals surface area contributed by atoms with Crippen LogP contribution in [0.25, 0.3) is 0 Å². The van der Waals surface area contributed by atoms with Gasteiger partial charge in [-0.25, -0.2) is 0 Å². The Morgan fingerprint density at radius 3 is 2.21 bits per heavy atom. The van der Waals surface area contributed by atoms with Crippen molar-refractivity contribution in [3.05, 3.63) is 64.7 Å². The van der Waals surface area contributed by atoms with Crippen molar-refractivity contribution in [2.75, 3.05) is 37.6 Å². The molecule has 1 aliphatic heterocycles. The zero-order valence-corrected chi connectivity index (χ0v) is 17.2. The Morgan fingerprint density at radius 2 is 1.55 bits per heavy atom. The van der Waals surface area contributed by atoms with E-state index in [9.17, 15) is 14.4 Å². The third-order valence-electron chi connectivity index (χ3n) is 5.46. The summed E-state index contributed by atoms with van der Waals surface area (Å²) in [6.45, 7) is 8.42. The highest BCUT2D eigenvalue weighted by atomic mass is 16.2. The van der Waals surface area contributed by atoms with Crippen LogP contribution in [0, 0.1) is 20.8 Å². The number of aryl methyl sites for hydroxylation is 3. The Balaban J connectivity index is 1.49. The molecule has 0 aliphatic carbocycles. The van der Waals surface area contributed by atoms with Gasteiger partial charge in [-0.1, -0.05) is 30.3 Å². The van der Waals surface area contributed by atoms with E-state index in [0.29, 0.717) is 18.7 Å². The first-order valence-corrected chi connectivity index (χ1v) is 9.85. The molecule has 29 heavy (non-hydrogen) atoms. The van der Waals surface area contributed by atoms with E-state index in [4.69, 9.17) is 0 Å². The SMILES string of the molecule is Cc1ccc(C(=O)C(=O)NCC(=O)N2CCN(c3ccccc3C)CC2)cc1C. The van der Waals surface area contributed by atoms with E-state index in [0.717, 1.165) is 24.2 Å². The molecule has 2 amide bonds. The second-order valence-corrected chi connectivity index (χ2v) is 7.47. The van der Waals surface area contributed by atoms with Crippen LogP contribution in [0.4, 0.5) is 5.69 Å². The van der Waals surface area contributed by atoms with E-state index in [2.05, 4.69) is 29.3 Å². The maximum Gasteiger partial charge on any atom is 0.292 e. The van der Waals surface area contributed by atoms with Gasteiger partial charge in [-0.05, 0) is 49.6 Å². The summed E-state index contributed by atoms with van der Waals surface area (Å²) in [5.41, 5.74) is 4.74. The molecular formula is C23H27N3O3. The summed E-state index contributed by atoms with van der Waals surface area (Å²) in [7, 11) is 0. The number of para-hydroxylation sites is 1. The van der Waals surface area contributed by atoms with Crippen LogP contribution in [0.15, 0.2) is 42.5 Å². The molecule has 1 N–H and O–H groups in total. The van der Waals surface area contributed by atoms with Crippen LogP contribution in [0.5, 0.6) is 0 Å². The van der Waals surface area contributed by atoms with Crippen LogP contribution in [-0.4, -0.2) is 55.2 Å². The molecule has 152 valence electrons. The first-order valence-electron chi connectivity index (χ1n) is 9.85. The van der Waals surface area contributed by atoms with Gasteiger partial charge in [0.15, 0.2) is 0 Å². The number of nitrogens with one attached hydrogen (secondary N) is 1. The zero-order valence-electron chi connectivity index (χ0n) is 17.2. The number of ketones is 1. The van der Waals surface area contributed by atoms with Crippen molar-refractivity contribution in [2.24, 2.45) is 0 Å². The molecule has 1 heterocycles. The normalized spacial score (nSPS) is 13.9. The molecule has 0 spiro atoms. The maximum atomic E-state index is 12.5. The Labute approximate surface area is 171 Å². The summed E-state index contributed by atoms with van der Waals surface area (Å²) in [5, 5.41) is 2.47. The minimum absolute atomic E-state index is 0.167. The zero-order chi connectivity index (χ0) is 21.0. The lowest BCUT2D eigenvalue weighted by atomic mass is 10.0. The Morgan fingerprint density at radius 1 is 0.862 bits per heavy atom. The molecular weight excluding hydrogens is 366 g/mol. The van der Waals surface area contributed by atoms with Crippen LogP contribution >= 0.6 is 0 Å². The fourth-order valence-corrected chi connectivity index (χ4v) is 3.48. The van der Waals surface area contributed by atoms with Gasteiger partial charge in [0.25, 0.3) is 5.91 Å². The van der Waals surface area contributed by atoms with Gasteiger partial charge in [0.05, 0.1) is 6.54 Å². The predicted molar refractivity (Wildman–Crippen MR) is 113 cm³/mol. The fourth-order valence-electron chi connectivity index (χ4n) is 3.48. The van der Waals surface area contributed by atoms with Crippen LogP contribution in [-0.2, 0) is 9.59 Å². The molecule has 2 aromatic rings. The summed E-state index contributed by atoms with van der Waals surface area (Å²) < 4.78 is 0. The van der Waals surface area contributed by atoms with E-state index in [-0.39, 0.29) is 12.5 Å². The van der Waals surface area contributed by atoms with Crippen molar-refractivity contribution in [1.29, 1.82) is 0 Å². The smallest absolute Gasteiger partial charge is 0.292 e. The molecule has 1 fully saturated rings. The van der Waals surface area contributed by atoms with Crippen LogP contribution in [0.3, 0.4) is 0 Å². The van der Waals surface area contributed by atoms with Crippen molar-refractivity contribution in [2.45, 2.75) is 20.8 Å². The Bertz CT molecular complexity index is 931. The second kappa shape index (κ2) is 8.90. The Hall–Kier alpha value is -3.15. The molecule has 0 bridgehead atoms. The average molecular weight is 393 g/mol. The maximum absolute atomic E-state index is 12.5. The van der Waals surface area contributed by atoms with Crippen LogP contribution in [0.2, 0.25) is 0 Å². The second-order valence-electron chi connectivity index (χ2n) is 7.47. The molecule has 0 atom stereocenters. The average Bonchev–Trinajstić information content (AvgIpc) is 2.73. The number of anilines is 1. The van der Waals surface area contributed by atoms with Gasteiger partial charge in [0, 0.05) is 37.4 Å². The summed E-state index contributed by atoms with van der Waals surface area (Å²) in [6, 6.07) is 13.3. The fraction of sp³-hybridized carbons (Fsp3) is 0.348. The number of rotatable bonds is 5. The number of carbonyl (C=O) groups excluding carboxylic acids is 3. The van der Waals surface area contributed by atoms with E-state index >= 15 is 0 Å². The molecule has 6 nitrogen and oxygen atoms in total. The van der Waals surface area contributed by atoms with Gasteiger partial charge in [-0.2, -0.15) is 0 Å². The molecule has 6 heteroatoms. The summed E-state index contributed by atoms with van der Waals surface area (Å²) in [6.07, 6.45) is 0. The number of hydrogen-bond acceptors (Lipinski definition) is 4. The highest BCUT2D eigenvalue weighted by Gasteiger charge is 2.23. The quantitative estimate of drug-likeness (QED) is 0.625. The molecule has 3 rings (SSSR count). The monoisotopic (exact) mass is 393 g/mol. The summed E-state index contributed by atoms with van der Waals surface area (Å²) in [4.78, 5) is 40.9.